The summed E-state index contributed by atoms with van der Waals surface area (Å²) in [4.78, 5) is 11.7. The fourth-order valence-corrected chi connectivity index (χ4v) is 2.15. The topological polar surface area (TPSA) is 35.5 Å². The largest absolute Gasteiger partial charge is 0.497 e. The number of hydrogen-bond acceptors (Lipinski definition) is 3. The van der Waals surface area contributed by atoms with E-state index >= 15 is 0 Å². The van der Waals surface area contributed by atoms with E-state index in [1.54, 1.807) is 7.11 Å². The number of carbonyl (C=O) groups excluding carboxylic acids is 1. The number of Topliss-reactive ketones (excluding diaryl/α,β-unsaturated/α-hetero) is 1. The van der Waals surface area contributed by atoms with Crippen LogP contribution in [0.25, 0.3) is 5.76 Å². The molecule has 1 aromatic carbocycles. The van der Waals surface area contributed by atoms with Crippen molar-refractivity contribution in [3.05, 3.63) is 35.4 Å². The predicted molar refractivity (Wildman–Crippen MR) is 70.9 cm³/mol. The van der Waals surface area contributed by atoms with Gasteiger partial charge in [-0.3, -0.25) is 4.79 Å². The summed E-state index contributed by atoms with van der Waals surface area (Å²) in [7, 11) is 1.58. The second-order valence-corrected chi connectivity index (χ2v) is 4.72. The van der Waals surface area contributed by atoms with Crippen molar-refractivity contribution in [2.75, 3.05) is 7.11 Å². The number of aryl methyl sites for hydroxylation is 1. The van der Waals surface area contributed by atoms with E-state index in [9.17, 15) is 4.79 Å². The number of hydrogen-bond donors (Lipinski definition) is 0. The Balaban J connectivity index is 2.50. The van der Waals surface area contributed by atoms with E-state index in [4.69, 9.17) is 9.47 Å². The molecule has 0 heterocycles. The Kier molecular flexibility index (Phi) is 3.41. The molecule has 0 atom stereocenters. The minimum Gasteiger partial charge on any atom is -0.497 e. The Morgan fingerprint density at radius 3 is 2.67 bits per heavy atom. The van der Waals surface area contributed by atoms with Gasteiger partial charge in [0.25, 0.3) is 0 Å². The van der Waals surface area contributed by atoms with Crippen LogP contribution >= 0.6 is 0 Å². The SMILES string of the molecule is C=C(OC)c1cc2c(cc1OC(C)C)C(=O)CC2. The summed E-state index contributed by atoms with van der Waals surface area (Å²) in [5.41, 5.74) is 2.67. The summed E-state index contributed by atoms with van der Waals surface area (Å²) in [5, 5.41) is 0. The molecule has 0 aliphatic heterocycles. The molecule has 18 heavy (non-hydrogen) atoms. The Bertz CT molecular complexity index is 501. The van der Waals surface area contributed by atoms with E-state index < -0.39 is 0 Å². The van der Waals surface area contributed by atoms with Crippen molar-refractivity contribution in [2.45, 2.75) is 32.8 Å². The highest BCUT2D eigenvalue weighted by molar-refractivity contribution is 6.01. The Hall–Kier alpha value is -1.77. The van der Waals surface area contributed by atoms with E-state index in [2.05, 4.69) is 6.58 Å². The van der Waals surface area contributed by atoms with Crippen LogP contribution in [0.15, 0.2) is 18.7 Å². The molecule has 0 aromatic heterocycles. The molecule has 3 heteroatoms. The molecule has 0 saturated heterocycles. The maximum Gasteiger partial charge on any atom is 0.163 e. The van der Waals surface area contributed by atoms with Crippen LogP contribution in [0, 0.1) is 0 Å². The molecule has 0 fully saturated rings. The van der Waals surface area contributed by atoms with Gasteiger partial charge in [0.05, 0.1) is 18.8 Å². The van der Waals surface area contributed by atoms with Gasteiger partial charge in [-0.2, -0.15) is 0 Å². The lowest BCUT2D eigenvalue weighted by Gasteiger charge is -2.16. The summed E-state index contributed by atoms with van der Waals surface area (Å²) in [6.07, 6.45) is 1.42. The van der Waals surface area contributed by atoms with Crippen LogP contribution in [-0.4, -0.2) is 19.0 Å². The zero-order valence-corrected chi connectivity index (χ0v) is 11.1. The molecule has 1 aromatic rings. The van der Waals surface area contributed by atoms with Crippen LogP contribution in [0.1, 0.15) is 41.8 Å². The lowest BCUT2D eigenvalue weighted by atomic mass is 10.0. The van der Waals surface area contributed by atoms with E-state index in [1.807, 2.05) is 26.0 Å². The quantitative estimate of drug-likeness (QED) is 0.765. The Labute approximate surface area is 107 Å². The normalized spacial score (nSPS) is 13.7. The van der Waals surface area contributed by atoms with Crippen LogP contribution in [0.2, 0.25) is 0 Å². The lowest BCUT2D eigenvalue weighted by molar-refractivity contribution is 0.0994. The third kappa shape index (κ3) is 2.26. The summed E-state index contributed by atoms with van der Waals surface area (Å²) >= 11 is 0. The van der Waals surface area contributed by atoms with Crippen molar-refractivity contribution < 1.29 is 14.3 Å². The van der Waals surface area contributed by atoms with Gasteiger partial charge in [-0.05, 0) is 38.0 Å². The first kappa shape index (κ1) is 12.7. The van der Waals surface area contributed by atoms with Gasteiger partial charge in [-0.25, -0.2) is 0 Å². The Morgan fingerprint density at radius 1 is 1.33 bits per heavy atom. The maximum atomic E-state index is 11.7. The van der Waals surface area contributed by atoms with Crippen LogP contribution in [0.4, 0.5) is 0 Å². The van der Waals surface area contributed by atoms with E-state index in [0.717, 1.165) is 23.1 Å². The molecule has 0 amide bonds. The van der Waals surface area contributed by atoms with Crippen LogP contribution in [0.5, 0.6) is 5.75 Å². The molecule has 96 valence electrons. The van der Waals surface area contributed by atoms with E-state index in [0.29, 0.717) is 17.9 Å². The van der Waals surface area contributed by atoms with Gasteiger partial charge in [0.15, 0.2) is 5.78 Å². The fraction of sp³-hybridized carbons (Fsp3) is 0.400. The van der Waals surface area contributed by atoms with Crippen molar-refractivity contribution in [1.29, 1.82) is 0 Å². The van der Waals surface area contributed by atoms with Gasteiger partial charge in [0.1, 0.15) is 11.5 Å². The number of methoxy groups -OCH3 is 1. The highest BCUT2D eigenvalue weighted by Gasteiger charge is 2.23. The van der Waals surface area contributed by atoms with Crippen molar-refractivity contribution >= 4 is 11.5 Å². The first-order chi connectivity index (χ1) is 8.52. The minimum absolute atomic E-state index is 0.0444. The molecule has 0 bridgehead atoms. The number of carbonyl (C=O) groups is 1. The third-order valence-electron chi connectivity index (χ3n) is 3.04. The van der Waals surface area contributed by atoms with Gasteiger partial charge < -0.3 is 9.47 Å². The molecule has 0 N–H and O–H groups in total. The second kappa shape index (κ2) is 4.84. The van der Waals surface area contributed by atoms with Gasteiger partial charge in [-0.15, -0.1) is 0 Å². The first-order valence-corrected chi connectivity index (χ1v) is 6.13. The number of fused-ring (bicyclic) bond motifs is 1. The maximum absolute atomic E-state index is 11.7. The second-order valence-electron chi connectivity index (χ2n) is 4.72. The smallest absolute Gasteiger partial charge is 0.163 e. The molecule has 3 nitrogen and oxygen atoms in total. The van der Waals surface area contributed by atoms with Crippen LogP contribution in [-0.2, 0) is 11.2 Å². The standard InChI is InChI=1S/C15H18O3/c1-9(2)18-15-8-13-11(5-6-14(13)16)7-12(15)10(3)17-4/h7-9H,3,5-6H2,1-2,4H3. The molecule has 2 rings (SSSR count). The van der Waals surface area contributed by atoms with Crippen LogP contribution in [0.3, 0.4) is 0 Å². The monoisotopic (exact) mass is 246 g/mol. The zero-order valence-electron chi connectivity index (χ0n) is 11.1. The number of ether oxygens (including phenoxy) is 2. The lowest BCUT2D eigenvalue weighted by Crippen LogP contribution is -2.08. The molecule has 0 saturated carbocycles. The summed E-state index contributed by atoms with van der Waals surface area (Å²) in [6.45, 7) is 7.77. The van der Waals surface area contributed by atoms with Crippen molar-refractivity contribution in [3.8, 4) is 5.75 Å². The highest BCUT2D eigenvalue weighted by atomic mass is 16.5. The van der Waals surface area contributed by atoms with E-state index in [1.165, 1.54) is 0 Å². The summed E-state index contributed by atoms with van der Waals surface area (Å²) in [5.74, 6) is 1.42. The molecular formula is C15H18O3. The average Bonchev–Trinajstić information content (AvgIpc) is 2.68. The minimum atomic E-state index is 0.0444. The number of ketones is 1. The van der Waals surface area contributed by atoms with Gasteiger partial charge in [-0.1, -0.05) is 6.58 Å². The summed E-state index contributed by atoms with van der Waals surface area (Å²) in [6, 6.07) is 3.79. The van der Waals surface area contributed by atoms with Crippen molar-refractivity contribution in [1.82, 2.24) is 0 Å². The summed E-state index contributed by atoms with van der Waals surface area (Å²) < 4.78 is 10.9. The number of rotatable bonds is 4. The third-order valence-corrected chi connectivity index (χ3v) is 3.04. The number of benzene rings is 1. The van der Waals surface area contributed by atoms with E-state index in [-0.39, 0.29) is 11.9 Å². The molecule has 1 aliphatic carbocycles. The molecular weight excluding hydrogens is 228 g/mol. The van der Waals surface area contributed by atoms with Crippen LogP contribution < -0.4 is 4.74 Å². The molecule has 0 unspecified atom stereocenters. The van der Waals surface area contributed by atoms with Crippen molar-refractivity contribution in [2.24, 2.45) is 0 Å². The molecule has 0 spiro atoms. The fourth-order valence-electron chi connectivity index (χ4n) is 2.15. The van der Waals surface area contributed by atoms with Gasteiger partial charge in [0, 0.05) is 12.0 Å². The highest BCUT2D eigenvalue weighted by Crippen LogP contribution is 2.34. The zero-order chi connectivity index (χ0) is 13.3. The predicted octanol–water partition coefficient (Wildman–Crippen LogP) is 3.22. The van der Waals surface area contributed by atoms with Gasteiger partial charge in [0.2, 0.25) is 0 Å². The van der Waals surface area contributed by atoms with Crippen molar-refractivity contribution in [3.63, 3.8) is 0 Å². The average molecular weight is 246 g/mol. The van der Waals surface area contributed by atoms with Gasteiger partial charge >= 0.3 is 0 Å². The Morgan fingerprint density at radius 2 is 2.06 bits per heavy atom. The first-order valence-electron chi connectivity index (χ1n) is 6.13. The molecule has 1 aliphatic rings. The molecule has 0 radical (unpaired) electrons.